The molecule has 18 heavy (non-hydrogen) atoms. The second-order valence-electron chi connectivity index (χ2n) is 3.67. The number of aldehydes is 1. The Morgan fingerprint density at radius 1 is 1.44 bits per heavy atom. The largest absolute Gasteiger partial charge is 0.400 e. The maximum absolute atomic E-state index is 12.5. The fourth-order valence-corrected chi connectivity index (χ4v) is 1.59. The zero-order chi connectivity index (χ0) is 13.9. The van der Waals surface area contributed by atoms with Gasteiger partial charge in [0.2, 0.25) is 5.91 Å². The number of benzene rings is 1. The normalized spacial score (nSPS) is 13.1. The SMILES string of the molecule is NC(=O)C(Cc1ccc(Cl)c(C=O)c1)C(F)(F)F. The van der Waals surface area contributed by atoms with Crippen molar-refractivity contribution in [3.63, 3.8) is 0 Å². The van der Waals surface area contributed by atoms with Crippen molar-refractivity contribution in [2.75, 3.05) is 0 Å². The summed E-state index contributed by atoms with van der Waals surface area (Å²) in [5.74, 6) is -3.73. The Labute approximate surface area is 106 Å². The number of halogens is 4. The van der Waals surface area contributed by atoms with Crippen LogP contribution in [0.4, 0.5) is 13.2 Å². The van der Waals surface area contributed by atoms with Crippen molar-refractivity contribution in [2.45, 2.75) is 12.6 Å². The number of rotatable bonds is 4. The molecule has 98 valence electrons. The maximum atomic E-state index is 12.5. The number of carbonyl (C=O) groups excluding carboxylic acids is 2. The zero-order valence-corrected chi connectivity index (χ0v) is 9.76. The standard InChI is InChI=1S/C11H9ClF3NO2/c12-9-2-1-6(3-7(9)5-17)4-8(10(16)18)11(13,14)15/h1-3,5,8H,4H2,(H2,16,18). The van der Waals surface area contributed by atoms with Crippen LogP contribution in [0, 0.1) is 5.92 Å². The van der Waals surface area contributed by atoms with Gasteiger partial charge in [0.1, 0.15) is 5.92 Å². The lowest BCUT2D eigenvalue weighted by molar-refractivity contribution is -0.180. The number of primary amides is 1. The first-order valence-electron chi connectivity index (χ1n) is 4.85. The molecule has 1 unspecified atom stereocenters. The third-order valence-electron chi connectivity index (χ3n) is 2.37. The number of hydrogen-bond donors (Lipinski definition) is 1. The quantitative estimate of drug-likeness (QED) is 0.860. The molecule has 0 aliphatic rings. The van der Waals surface area contributed by atoms with Crippen molar-refractivity contribution in [1.82, 2.24) is 0 Å². The molecule has 0 aromatic heterocycles. The fourth-order valence-electron chi connectivity index (χ4n) is 1.42. The van der Waals surface area contributed by atoms with Gasteiger partial charge in [-0.1, -0.05) is 17.7 Å². The van der Waals surface area contributed by atoms with E-state index in [2.05, 4.69) is 0 Å². The maximum Gasteiger partial charge on any atom is 0.400 e. The van der Waals surface area contributed by atoms with E-state index in [4.69, 9.17) is 17.3 Å². The summed E-state index contributed by atoms with van der Waals surface area (Å²) in [7, 11) is 0. The first-order chi connectivity index (χ1) is 8.25. The Bertz CT molecular complexity index is 474. The second-order valence-corrected chi connectivity index (χ2v) is 4.08. The lowest BCUT2D eigenvalue weighted by atomic mass is 9.97. The highest BCUT2D eigenvalue weighted by molar-refractivity contribution is 6.32. The molecule has 0 saturated carbocycles. The van der Waals surface area contributed by atoms with E-state index in [1.807, 2.05) is 0 Å². The summed E-state index contributed by atoms with van der Waals surface area (Å²) in [4.78, 5) is 21.4. The van der Waals surface area contributed by atoms with E-state index >= 15 is 0 Å². The zero-order valence-electron chi connectivity index (χ0n) is 9.00. The summed E-state index contributed by atoms with van der Waals surface area (Å²) in [6.07, 6.45) is -4.90. The summed E-state index contributed by atoms with van der Waals surface area (Å²) in [5.41, 5.74) is 4.95. The van der Waals surface area contributed by atoms with Crippen LogP contribution in [-0.2, 0) is 11.2 Å². The van der Waals surface area contributed by atoms with E-state index in [9.17, 15) is 22.8 Å². The second kappa shape index (κ2) is 5.39. The highest BCUT2D eigenvalue weighted by Crippen LogP contribution is 2.29. The van der Waals surface area contributed by atoms with Crippen LogP contribution >= 0.6 is 11.6 Å². The lowest BCUT2D eigenvalue weighted by Gasteiger charge is -2.17. The van der Waals surface area contributed by atoms with Gasteiger partial charge < -0.3 is 5.73 Å². The smallest absolute Gasteiger partial charge is 0.369 e. The van der Waals surface area contributed by atoms with E-state index in [-0.39, 0.29) is 16.1 Å². The number of hydrogen-bond acceptors (Lipinski definition) is 2. The van der Waals surface area contributed by atoms with Crippen molar-refractivity contribution in [3.05, 3.63) is 34.3 Å². The third-order valence-corrected chi connectivity index (χ3v) is 2.71. The average molecular weight is 280 g/mol. The van der Waals surface area contributed by atoms with Gasteiger partial charge >= 0.3 is 6.18 Å². The molecule has 7 heteroatoms. The molecule has 0 heterocycles. The lowest BCUT2D eigenvalue weighted by Crippen LogP contribution is -2.37. The van der Waals surface area contributed by atoms with Crippen molar-refractivity contribution in [3.8, 4) is 0 Å². The van der Waals surface area contributed by atoms with Crippen LogP contribution in [-0.4, -0.2) is 18.4 Å². The van der Waals surface area contributed by atoms with E-state index in [1.54, 1.807) is 0 Å². The predicted molar refractivity (Wildman–Crippen MR) is 59.3 cm³/mol. The number of alkyl halides is 3. The molecule has 1 atom stereocenters. The number of amides is 1. The molecule has 1 aromatic rings. The van der Waals surface area contributed by atoms with Crippen molar-refractivity contribution >= 4 is 23.8 Å². The van der Waals surface area contributed by atoms with Gasteiger partial charge in [-0.15, -0.1) is 0 Å². The summed E-state index contributed by atoms with van der Waals surface area (Å²) in [6, 6.07) is 3.82. The Balaban J connectivity index is 3.02. The van der Waals surface area contributed by atoms with Crippen LogP contribution in [0.3, 0.4) is 0 Å². The van der Waals surface area contributed by atoms with Gasteiger partial charge in [-0.05, 0) is 24.1 Å². The Kier molecular flexibility index (Phi) is 4.34. The molecule has 0 aliphatic heterocycles. The van der Waals surface area contributed by atoms with E-state index in [1.165, 1.54) is 18.2 Å². The highest BCUT2D eigenvalue weighted by Gasteiger charge is 2.43. The van der Waals surface area contributed by atoms with Crippen LogP contribution in [0.2, 0.25) is 5.02 Å². The van der Waals surface area contributed by atoms with Crippen LogP contribution in [0.1, 0.15) is 15.9 Å². The predicted octanol–water partition coefficient (Wildman–Crippen LogP) is 2.36. The molecule has 0 radical (unpaired) electrons. The molecule has 0 fully saturated rings. The van der Waals surface area contributed by atoms with Gasteiger partial charge in [0, 0.05) is 5.56 Å². The van der Waals surface area contributed by atoms with Gasteiger partial charge in [0.25, 0.3) is 0 Å². The summed E-state index contributed by atoms with van der Waals surface area (Å²) >= 11 is 5.64. The highest BCUT2D eigenvalue weighted by atomic mass is 35.5. The van der Waals surface area contributed by atoms with Crippen LogP contribution in [0.15, 0.2) is 18.2 Å². The molecular weight excluding hydrogens is 271 g/mol. The molecule has 1 aromatic carbocycles. The molecule has 1 rings (SSSR count). The van der Waals surface area contributed by atoms with E-state index in [0.29, 0.717) is 6.29 Å². The van der Waals surface area contributed by atoms with Crippen molar-refractivity contribution < 1.29 is 22.8 Å². The van der Waals surface area contributed by atoms with Crippen LogP contribution < -0.4 is 5.73 Å². The summed E-state index contributed by atoms with van der Waals surface area (Å²) in [6.45, 7) is 0. The molecule has 0 bridgehead atoms. The number of nitrogens with two attached hydrogens (primary N) is 1. The Morgan fingerprint density at radius 3 is 2.50 bits per heavy atom. The minimum Gasteiger partial charge on any atom is -0.369 e. The number of carbonyl (C=O) groups is 2. The topological polar surface area (TPSA) is 60.2 Å². The molecule has 0 saturated heterocycles. The van der Waals surface area contributed by atoms with E-state index in [0.717, 1.165) is 0 Å². The first-order valence-corrected chi connectivity index (χ1v) is 5.23. The van der Waals surface area contributed by atoms with Crippen LogP contribution in [0.5, 0.6) is 0 Å². The molecule has 0 aliphatic carbocycles. The van der Waals surface area contributed by atoms with Gasteiger partial charge in [-0.2, -0.15) is 13.2 Å². The van der Waals surface area contributed by atoms with Gasteiger partial charge in [0.05, 0.1) is 5.02 Å². The summed E-state index contributed by atoms with van der Waals surface area (Å²) in [5, 5.41) is 0.136. The minimum absolute atomic E-state index is 0.0690. The molecule has 1 amide bonds. The van der Waals surface area contributed by atoms with Gasteiger partial charge in [-0.25, -0.2) is 0 Å². The molecule has 3 nitrogen and oxygen atoms in total. The van der Waals surface area contributed by atoms with Gasteiger partial charge in [-0.3, -0.25) is 9.59 Å². The molecular formula is C11H9ClF3NO2. The van der Waals surface area contributed by atoms with Crippen LogP contribution in [0.25, 0.3) is 0 Å². The molecule has 0 spiro atoms. The molecule has 2 N–H and O–H groups in total. The first kappa shape index (κ1) is 14.5. The average Bonchev–Trinajstić information content (AvgIpc) is 2.25. The minimum atomic E-state index is -4.72. The van der Waals surface area contributed by atoms with Crippen molar-refractivity contribution in [2.24, 2.45) is 11.7 Å². The fraction of sp³-hybridized carbons (Fsp3) is 0.273. The Hall–Kier alpha value is -1.56. The van der Waals surface area contributed by atoms with Crippen molar-refractivity contribution in [1.29, 1.82) is 0 Å². The monoisotopic (exact) mass is 279 g/mol. The summed E-state index contributed by atoms with van der Waals surface area (Å²) < 4.78 is 37.6. The Morgan fingerprint density at radius 2 is 2.06 bits per heavy atom. The van der Waals surface area contributed by atoms with Gasteiger partial charge in [0.15, 0.2) is 6.29 Å². The third kappa shape index (κ3) is 3.46. The van der Waals surface area contributed by atoms with E-state index < -0.39 is 24.4 Å².